The number of aliphatic hydroxyl groups is 1. The summed E-state index contributed by atoms with van der Waals surface area (Å²) in [6.45, 7) is 0.138. The molecule has 0 amide bonds. The van der Waals surface area contributed by atoms with Crippen LogP contribution in [0.3, 0.4) is 0 Å². The molecule has 2 rings (SSSR count). The average molecular weight is 232 g/mol. The highest BCUT2D eigenvalue weighted by Crippen LogP contribution is 2.06. The smallest absolute Gasteiger partial charge is 0.200 e. The maximum absolute atomic E-state index is 10.3. The highest BCUT2D eigenvalue weighted by Gasteiger charge is 2.13. The number of carbonyl (C=O) groups is 1. The number of nitrogens with zero attached hydrogens (tertiary/aromatic N) is 2. The fourth-order valence-electron chi connectivity index (χ4n) is 1.63. The molecule has 5 heteroatoms. The van der Waals surface area contributed by atoms with Gasteiger partial charge in [0.25, 0.3) is 0 Å². The summed E-state index contributed by atoms with van der Waals surface area (Å²) in [6.07, 6.45) is 0.334. The highest BCUT2D eigenvalue weighted by molar-refractivity contribution is 5.76. The molecule has 0 unspecified atom stereocenters. The zero-order chi connectivity index (χ0) is 12.3. The molecule has 1 atom stereocenters. The van der Waals surface area contributed by atoms with Gasteiger partial charge < -0.3 is 15.0 Å². The molecule has 1 heterocycles. The van der Waals surface area contributed by atoms with E-state index in [1.807, 2.05) is 30.3 Å². The van der Waals surface area contributed by atoms with Crippen LogP contribution in [-0.2, 0) is 11.3 Å². The number of benzene rings is 1. The predicted molar refractivity (Wildman–Crippen MR) is 57.6 cm³/mol. The van der Waals surface area contributed by atoms with Crippen LogP contribution in [0.1, 0.15) is 6.42 Å². The van der Waals surface area contributed by atoms with Crippen molar-refractivity contribution in [3.8, 4) is 0 Å². The second-order valence-corrected chi connectivity index (χ2v) is 3.83. The van der Waals surface area contributed by atoms with E-state index in [4.69, 9.17) is 0 Å². The molecule has 0 bridgehead atoms. The molecular weight excluding hydrogens is 220 g/mol. The van der Waals surface area contributed by atoms with Crippen LogP contribution in [0.25, 0.3) is 10.9 Å². The van der Waals surface area contributed by atoms with Crippen molar-refractivity contribution in [1.29, 1.82) is 0 Å². The van der Waals surface area contributed by atoms with Crippen molar-refractivity contribution in [2.24, 2.45) is 0 Å². The van der Waals surface area contributed by atoms with Crippen LogP contribution < -0.4 is 9.79 Å². The van der Waals surface area contributed by atoms with Gasteiger partial charge in [-0.2, -0.15) is 0 Å². The summed E-state index contributed by atoms with van der Waals surface area (Å²) in [5.74, 6) is -1.26. The number of carboxylic acid groups (broad SMARTS) is 1. The molecule has 0 aliphatic carbocycles. The summed E-state index contributed by atoms with van der Waals surface area (Å²) in [6, 6.07) is 9.45. The second-order valence-electron chi connectivity index (χ2n) is 3.83. The van der Waals surface area contributed by atoms with E-state index < -0.39 is 12.1 Å². The van der Waals surface area contributed by atoms with Crippen LogP contribution in [0.2, 0.25) is 0 Å². The number of carbonyl (C=O) groups excluding carboxylic acids is 1. The highest BCUT2D eigenvalue weighted by atomic mass is 16.4. The minimum Gasteiger partial charge on any atom is -0.550 e. The van der Waals surface area contributed by atoms with E-state index in [0.29, 0.717) is 0 Å². The number of fused-ring (bicyclic) bond motifs is 1. The Kier molecular flexibility index (Phi) is 3.30. The van der Waals surface area contributed by atoms with Crippen LogP contribution >= 0.6 is 0 Å². The van der Waals surface area contributed by atoms with E-state index >= 15 is 0 Å². The number of rotatable bonds is 4. The first kappa shape index (κ1) is 11.5. The molecule has 0 aliphatic heterocycles. The summed E-state index contributed by atoms with van der Waals surface area (Å²) < 4.78 is 1.52. The maximum atomic E-state index is 10.3. The predicted octanol–water partition coefficient (Wildman–Crippen LogP) is -0.977. The Morgan fingerprint density at radius 3 is 2.94 bits per heavy atom. The summed E-state index contributed by atoms with van der Waals surface area (Å²) in [4.78, 5) is 10.3. The monoisotopic (exact) mass is 232 g/mol. The topological polar surface area (TPSA) is 77.1 Å². The van der Waals surface area contributed by atoms with Crippen molar-refractivity contribution in [2.45, 2.75) is 19.1 Å². The Bertz CT molecular complexity index is 542. The standard InChI is InChI=1S/C12H12N2O3/c15-10(7-12(16)17)8-14-6-5-9-3-1-2-4-11(9)13-14/h1-6,10,15H,7-8H2/t10-/m0/s1. The zero-order valence-corrected chi connectivity index (χ0v) is 9.11. The Morgan fingerprint density at radius 1 is 1.41 bits per heavy atom. The third-order valence-corrected chi connectivity index (χ3v) is 2.40. The first-order chi connectivity index (χ1) is 8.15. The van der Waals surface area contributed by atoms with Gasteiger partial charge in [-0.3, -0.25) is 0 Å². The number of hydrogen-bond donors (Lipinski definition) is 1. The molecule has 1 aromatic carbocycles. The van der Waals surface area contributed by atoms with Crippen molar-refractivity contribution >= 4 is 16.9 Å². The molecule has 0 radical (unpaired) electrons. The van der Waals surface area contributed by atoms with Gasteiger partial charge in [0.1, 0.15) is 11.6 Å². The number of hydrogen-bond acceptors (Lipinski definition) is 4. The molecule has 0 spiro atoms. The van der Waals surface area contributed by atoms with Crippen LogP contribution in [0.4, 0.5) is 0 Å². The van der Waals surface area contributed by atoms with E-state index in [9.17, 15) is 15.0 Å². The second kappa shape index (κ2) is 4.88. The molecule has 2 aromatic rings. The van der Waals surface area contributed by atoms with Crippen LogP contribution in [0.15, 0.2) is 36.5 Å². The Balaban J connectivity index is 2.16. The van der Waals surface area contributed by atoms with Crippen LogP contribution in [0, 0.1) is 0 Å². The molecule has 0 fully saturated rings. The van der Waals surface area contributed by atoms with Gasteiger partial charge in [0.05, 0.1) is 0 Å². The minimum absolute atomic E-state index is 0.138. The van der Waals surface area contributed by atoms with Crippen LogP contribution in [-0.4, -0.2) is 22.3 Å². The average Bonchev–Trinajstić information content (AvgIpc) is 2.27. The molecule has 0 aliphatic rings. The first-order valence-electron chi connectivity index (χ1n) is 5.28. The van der Waals surface area contributed by atoms with Gasteiger partial charge in [-0.1, -0.05) is 22.9 Å². The number of aliphatic carboxylic acids is 1. The molecule has 17 heavy (non-hydrogen) atoms. The number of carboxylic acids is 1. The largest absolute Gasteiger partial charge is 0.550 e. The quantitative estimate of drug-likeness (QED) is 0.688. The fraction of sp³-hybridized carbons (Fsp3) is 0.250. The van der Waals surface area contributed by atoms with E-state index in [1.165, 1.54) is 4.68 Å². The Hall–Kier alpha value is -2.01. The van der Waals surface area contributed by atoms with Gasteiger partial charge in [-0.05, 0) is 6.07 Å². The summed E-state index contributed by atoms with van der Waals surface area (Å²) >= 11 is 0. The van der Waals surface area contributed by atoms with E-state index in [1.54, 1.807) is 6.20 Å². The van der Waals surface area contributed by atoms with Crippen LogP contribution in [0.5, 0.6) is 0 Å². The molecule has 5 nitrogen and oxygen atoms in total. The number of aliphatic hydroxyl groups excluding tert-OH is 1. The lowest BCUT2D eigenvalue weighted by molar-refractivity contribution is -0.757. The molecule has 0 saturated heterocycles. The van der Waals surface area contributed by atoms with Crippen molar-refractivity contribution < 1.29 is 19.7 Å². The summed E-state index contributed by atoms with van der Waals surface area (Å²) in [5, 5.41) is 25.0. The number of aromatic nitrogens is 2. The minimum atomic E-state index is -1.26. The zero-order valence-electron chi connectivity index (χ0n) is 9.11. The Morgan fingerprint density at radius 2 is 2.18 bits per heavy atom. The van der Waals surface area contributed by atoms with Gasteiger partial charge in [0, 0.05) is 28.9 Å². The normalized spacial score (nSPS) is 12.5. The molecular formula is C12H12N2O3. The van der Waals surface area contributed by atoms with Crippen molar-refractivity contribution in [1.82, 2.24) is 5.10 Å². The van der Waals surface area contributed by atoms with E-state index in [2.05, 4.69) is 5.10 Å². The molecule has 1 N–H and O–H groups in total. The first-order valence-corrected chi connectivity index (χ1v) is 5.28. The van der Waals surface area contributed by atoms with Gasteiger partial charge >= 0.3 is 0 Å². The Labute approximate surface area is 97.9 Å². The maximum Gasteiger partial charge on any atom is 0.200 e. The summed E-state index contributed by atoms with van der Waals surface area (Å²) in [7, 11) is 0. The van der Waals surface area contributed by atoms with E-state index in [0.717, 1.165) is 10.9 Å². The molecule has 88 valence electrons. The van der Waals surface area contributed by atoms with Crippen molar-refractivity contribution in [3.05, 3.63) is 36.5 Å². The van der Waals surface area contributed by atoms with Gasteiger partial charge in [-0.25, -0.2) is 0 Å². The lowest BCUT2D eigenvalue weighted by atomic mass is 10.2. The van der Waals surface area contributed by atoms with Crippen molar-refractivity contribution in [2.75, 3.05) is 0 Å². The lowest BCUT2D eigenvalue weighted by Gasteiger charge is -2.06. The SMILES string of the molecule is O=C([O-])C[C@H](O)C[n+]1ccc2ccccc2n1. The molecule has 0 saturated carbocycles. The third-order valence-electron chi connectivity index (χ3n) is 2.40. The van der Waals surface area contributed by atoms with Gasteiger partial charge in [-0.15, -0.1) is 0 Å². The van der Waals surface area contributed by atoms with Gasteiger partial charge in [0.15, 0.2) is 12.7 Å². The van der Waals surface area contributed by atoms with Crippen molar-refractivity contribution in [3.63, 3.8) is 0 Å². The van der Waals surface area contributed by atoms with Gasteiger partial charge in [0.2, 0.25) is 0 Å². The van der Waals surface area contributed by atoms with E-state index in [-0.39, 0.29) is 13.0 Å². The summed E-state index contributed by atoms with van der Waals surface area (Å²) in [5.41, 5.74) is 0.802. The fourth-order valence-corrected chi connectivity index (χ4v) is 1.63. The lowest BCUT2D eigenvalue weighted by Crippen LogP contribution is -2.44. The third kappa shape index (κ3) is 2.98. The molecule has 1 aromatic heterocycles.